The van der Waals surface area contributed by atoms with Crippen LogP contribution in [0, 0.1) is 13.8 Å². The quantitative estimate of drug-likeness (QED) is 0.683. The minimum Gasteiger partial charge on any atom is -0.480 e. The number of benzene rings is 1. The highest BCUT2D eigenvalue weighted by atomic mass is 16.4. The molecule has 0 bridgehead atoms. The van der Waals surface area contributed by atoms with Gasteiger partial charge < -0.3 is 10.0 Å². The Morgan fingerprint density at radius 2 is 1.93 bits per heavy atom. The van der Waals surface area contributed by atoms with Crippen LogP contribution < -0.4 is 0 Å². The average Bonchev–Trinajstić information content (AvgIpc) is 3.10. The molecule has 27 heavy (non-hydrogen) atoms. The SMILES string of the molecule is Cc1nc2ncnn2c(C)c1CCC(=O)N(CC(=O)O)Cc1ccccc1. The summed E-state index contributed by atoms with van der Waals surface area (Å²) in [5.41, 5.74) is 3.51. The summed E-state index contributed by atoms with van der Waals surface area (Å²) >= 11 is 0. The third-order valence-corrected chi connectivity index (χ3v) is 4.47. The van der Waals surface area contributed by atoms with E-state index in [2.05, 4.69) is 15.1 Å². The van der Waals surface area contributed by atoms with Gasteiger partial charge >= 0.3 is 5.97 Å². The minimum atomic E-state index is -1.03. The molecule has 2 aromatic heterocycles. The molecular weight excluding hydrogens is 346 g/mol. The van der Waals surface area contributed by atoms with E-state index in [0.29, 0.717) is 12.2 Å². The Kier molecular flexibility index (Phi) is 5.44. The monoisotopic (exact) mass is 367 g/mol. The average molecular weight is 367 g/mol. The summed E-state index contributed by atoms with van der Waals surface area (Å²) < 4.78 is 1.64. The fraction of sp³-hybridized carbons (Fsp3) is 0.316. The van der Waals surface area contributed by atoms with Gasteiger partial charge in [0, 0.05) is 24.4 Å². The number of carboxylic acid groups (broad SMARTS) is 1. The Morgan fingerprint density at radius 3 is 2.63 bits per heavy atom. The molecule has 0 saturated carbocycles. The molecule has 0 radical (unpaired) electrons. The molecule has 0 atom stereocenters. The number of carbonyl (C=O) groups excluding carboxylic acids is 1. The van der Waals surface area contributed by atoms with Crippen LogP contribution in [-0.2, 0) is 22.6 Å². The lowest BCUT2D eigenvalue weighted by Crippen LogP contribution is -2.35. The molecule has 1 aromatic carbocycles. The van der Waals surface area contributed by atoms with Gasteiger partial charge in [-0.25, -0.2) is 9.50 Å². The van der Waals surface area contributed by atoms with E-state index in [4.69, 9.17) is 5.11 Å². The zero-order valence-corrected chi connectivity index (χ0v) is 15.3. The second-order valence-corrected chi connectivity index (χ2v) is 6.36. The van der Waals surface area contributed by atoms with Crippen molar-refractivity contribution in [3.63, 3.8) is 0 Å². The maximum Gasteiger partial charge on any atom is 0.323 e. The van der Waals surface area contributed by atoms with Crippen LogP contribution in [0.15, 0.2) is 36.7 Å². The van der Waals surface area contributed by atoms with Crippen LogP contribution in [0.4, 0.5) is 0 Å². The molecule has 2 heterocycles. The smallest absolute Gasteiger partial charge is 0.323 e. The summed E-state index contributed by atoms with van der Waals surface area (Å²) in [4.78, 5) is 33.7. The van der Waals surface area contributed by atoms with Crippen LogP contribution in [0.3, 0.4) is 0 Å². The summed E-state index contributed by atoms with van der Waals surface area (Å²) in [6.45, 7) is 3.73. The molecule has 0 saturated heterocycles. The van der Waals surface area contributed by atoms with Gasteiger partial charge in [0.2, 0.25) is 5.91 Å². The van der Waals surface area contributed by atoms with Gasteiger partial charge in [-0.15, -0.1) is 0 Å². The van der Waals surface area contributed by atoms with Gasteiger partial charge in [-0.1, -0.05) is 30.3 Å². The highest BCUT2D eigenvalue weighted by molar-refractivity contribution is 5.81. The van der Waals surface area contributed by atoms with Gasteiger partial charge in [-0.2, -0.15) is 10.1 Å². The highest BCUT2D eigenvalue weighted by Crippen LogP contribution is 2.16. The molecule has 8 heteroatoms. The van der Waals surface area contributed by atoms with Gasteiger partial charge in [0.15, 0.2) is 0 Å². The third kappa shape index (κ3) is 4.28. The second-order valence-electron chi connectivity index (χ2n) is 6.36. The lowest BCUT2D eigenvalue weighted by Gasteiger charge is -2.21. The lowest BCUT2D eigenvalue weighted by molar-refractivity contribution is -0.144. The summed E-state index contributed by atoms with van der Waals surface area (Å²) in [5, 5.41) is 13.3. The molecule has 3 rings (SSSR count). The van der Waals surface area contributed by atoms with Crippen LogP contribution in [0.5, 0.6) is 0 Å². The Labute approximate surface area is 156 Å². The first kappa shape index (κ1) is 18.5. The first-order valence-corrected chi connectivity index (χ1v) is 8.65. The second kappa shape index (κ2) is 7.94. The van der Waals surface area contributed by atoms with Crippen LogP contribution in [0.2, 0.25) is 0 Å². The lowest BCUT2D eigenvalue weighted by atomic mass is 10.1. The van der Waals surface area contributed by atoms with Crippen molar-refractivity contribution in [3.8, 4) is 0 Å². The molecule has 0 aliphatic heterocycles. The van der Waals surface area contributed by atoms with Crippen molar-refractivity contribution < 1.29 is 14.7 Å². The number of aromatic nitrogens is 4. The van der Waals surface area contributed by atoms with Crippen molar-refractivity contribution in [1.29, 1.82) is 0 Å². The molecular formula is C19H21N5O3. The number of carboxylic acids is 1. The molecule has 0 fully saturated rings. The normalized spacial score (nSPS) is 10.9. The Bertz CT molecular complexity index is 968. The number of hydrogen-bond acceptors (Lipinski definition) is 5. The van der Waals surface area contributed by atoms with Crippen LogP contribution in [0.1, 0.15) is 28.9 Å². The number of aliphatic carboxylic acids is 1. The summed E-state index contributed by atoms with van der Waals surface area (Å²) in [5.74, 6) is -0.715. The largest absolute Gasteiger partial charge is 0.480 e. The highest BCUT2D eigenvalue weighted by Gasteiger charge is 2.19. The number of fused-ring (bicyclic) bond motifs is 1. The molecule has 0 aliphatic rings. The standard InChI is InChI=1S/C19H21N5O3/c1-13-16(14(2)24-19(22-13)20-12-21-24)8-9-17(25)23(11-18(26)27)10-15-6-4-3-5-7-15/h3-7,12H,8-11H2,1-2H3,(H,26,27). The Morgan fingerprint density at radius 1 is 1.19 bits per heavy atom. The summed E-state index contributed by atoms with van der Waals surface area (Å²) in [7, 11) is 0. The molecule has 0 aliphatic carbocycles. The zero-order chi connectivity index (χ0) is 19.4. The zero-order valence-electron chi connectivity index (χ0n) is 15.3. The Hall–Kier alpha value is -3.29. The van der Waals surface area contributed by atoms with Crippen molar-refractivity contribution in [2.24, 2.45) is 0 Å². The van der Waals surface area contributed by atoms with Crippen LogP contribution >= 0.6 is 0 Å². The number of rotatable bonds is 7. The van der Waals surface area contributed by atoms with E-state index < -0.39 is 5.97 Å². The van der Waals surface area contributed by atoms with Gasteiger partial charge in [0.25, 0.3) is 5.78 Å². The molecule has 140 valence electrons. The fourth-order valence-electron chi connectivity index (χ4n) is 3.11. The van der Waals surface area contributed by atoms with Gasteiger partial charge in [-0.3, -0.25) is 9.59 Å². The fourth-order valence-corrected chi connectivity index (χ4v) is 3.11. The number of aryl methyl sites for hydroxylation is 2. The van der Waals surface area contributed by atoms with E-state index >= 15 is 0 Å². The summed E-state index contributed by atoms with van der Waals surface area (Å²) in [6.07, 6.45) is 2.10. The van der Waals surface area contributed by atoms with Crippen LogP contribution in [0.25, 0.3) is 5.78 Å². The van der Waals surface area contributed by atoms with Crippen LogP contribution in [-0.4, -0.2) is 48.0 Å². The molecule has 3 aromatic rings. The molecule has 8 nitrogen and oxygen atoms in total. The van der Waals surface area contributed by atoms with Crippen molar-refractivity contribution in [2.75, 3.05) is 6.54 Å². The predicted octanol–water partition coefficient (Wildman–Crippen LogP) is 1.79. The van der Waals surface area contributed by atoms with Crippen molar-refractivity contribution in [3.05, 3.63) is 59.2 Å². The number of amides is 1. The third-order valence-electron chi connectivity index (χ3n) is 4.47. The van der Waals surface area contributed by atoms with E-state index in [1.807, 2.05) is 44.2 Å². The van der Waals surface area contributed by atoms with Crippen molar-refractivity contribution in [2.45, 2.75) is 33.2 Å². The van der Waals surface area contributed by atoms with E-state index in [1.54, 1.807) is 4.52 Å². The van der Waals surface area contributed by atoms with E-state index in [0.717, 1.165) is 22.5 Å². The predicted molar refractivity (Wildman–Crippen MR) is 98.1 cm³/mol. The number of hydrogen-bond donors (Lipinski definition) is 1. The van der Waals surface area contributed by atoms with E-state index in [9.17, 15) is 9.59 Å². The van der Waals surface area contributed by atoms with E-state index in [-0.39, 0.29) is 25.4 Å². The maximum absolute atomic E-state index is 12.7. The van der Waals surface area contributed by atoms with Gasteiger partial charge in [-0.05, 0) is 31.4 Å². The van der Waals surface area contributed by atoms with Gasteiger partial charge in [0.05, 0.1) is 0 Å². The minimum absolute atomic E-state index is 0.198. The molecule has 1 N–H and O–H groups in total. The first-order chi connectivity index (χ1) is 13.0. The van der Waals surface area contributed by atoms with Crippen molar-refractivity contribution >= 4 is 17.7 Å². The molecule has 0 unspecified atom stereocenters. The van der Waals surface area contributed by atoms with Crippen molar-refractivity contribution in [1.82, 2.24) is 24.5 Å². The summed E-state index contributed by atoms with van der Waals surface area (Å²) in [6, 6.07) is 9.36. The van der Waals surface area contributed by atoms with E-state index in [1.165, 1.54) is 11.2 Å². The molecule has 1 amide bonds. The molecule has 0 spiro atoms. The first-order valence-electron chi connectivity index (χ1n) is 8.65. The van der Waals surface area contributed by atoms with Gasteiger partial charge in [0.1, 0.15) is 12.9 Å². The number of carbonyl (C=O) groups is 2. The maximum atomic E-state index is 12.7. The Balaban J connectivity index is 1.75. The number of nitrogens with zero attached hydrogens (tertiary/aromatic N) is 5. The topological polar surface area (TPSA) is 101 Å².